The number of benzene rings is 1. The smallest absolute Gasteiger partial charge is 0.416 e. The van der Waals surface area contributed by atoms with Crippen LogP contribution in [0.4, 0.5) is 13.2 Å². The number of nitrogens with zero attached hydrogens (tertiary/aromatic N) is 4. The van der Waals surface area contributed by atoms with Gasteiger partial charge in [0.1, 0.15) is 18.2 Å². The van der Waals surface area contributed by atoms with Crippen LogP contribution in [0.3, 0.4) is 0 Å². The van der Waals surface area contributed by atoms with Crippen LogP contribution < -0.4 is 4.74 Å². The third kappa shape index (κ3) is 6.16. The van der Waals surface area contributed by atoms with Crippen molar-refractivity contribution in [3.8, 4) is 17.1 Å². The summed E-state index contributed by atoms with van der Waals surface area (Å²) in [6.45, 7) is 5.11. The summed E-state index contributed by atoms with van der Waals surface area (Å²) in [7, 11) is 0. The monoisotopic (exact) mass is 446 g/mol. The number of carbonyl (C=O) groups is 1. The predicted octanol–water partition coefficient (Wildman–Crippen LogP) is 4.92. The van der Waals surface area contributed by atoms with Gasteiger partial charge in [-0.2, -0.15) is 13.2 Å². The molecule has 0 aliphatic carbocycles. The summed E-state index contributed by atoms with van der Waals surface area (Å²) < 4.78 is 51.7. The standard InChI is InChI=1S/C22H21F3N4O3/c1-14(2)31-18-11-16(10-17(12-18)22(23,24)25)21-27-13-29(28-21)9-7-20(30)32-15(3)19-6-4-5-8-26-19/h4-15H,1-3H3/b9-7-. The molecule has 7 nitrogen and oxygen atoms in total. The number of ether oxygens (including phenoxy) is 2. The van der Waals surface area contributed by atoms with Gasteiger partial charge in [0.15, 0.2) is 5.82 Å². The first-order valence-electron chi connectivity index (χ1n) is 9.72. The average molecular weight is 446 g/mol. The van der Waals surface area contributed by atoms with Crippen molar-refractivity contribution in [2.45, 2.75) is 39.2 Å². The first kappa shape index (κ1) is 23.0. The van der Waals surface area contributed by atoms with E-state index in [2.05, 4.69) is 15.1 Å². The molecule has 0 aliphatic heterocycles. The molecule has 3 aromatic rings. The van der Waals surface area contributed by atoms with Crippen molar-refractivity contribution >= 4 is 12.2 Å². The predicted molar refractivity (Wildman–Crippen MR) is 110 cm³/mol. The minimum atomic E-state index is -4.55. The Morgan fingerprint density at radius 3 is 2.56 bits per heavy atom. The highest BCUT2D eigenvalue weighted by Crippen LogP contribution is 2.35. The van der Waals surface area contributed by atoms with Crippen LogP contribution in [0.25, 0.3) is 17.6 Å². The van der Waals surface area contributed by atoms with Crippen molar-refractivity contribution in [3.63, 3.8) is 0 Å². The van der Waals surface area contributed by atoms with E-state index in [1.165, 1.54) is 23.3 Å². The van der Waals surface area contributed by atoms with Crippen molar-refractivity contribution in [2.75, 3.05) is 0 Å². The number of hydrogen-bond acceptors (Lipinski definition) is 6. The molecule has 3 rings (SSSR count). The second-order valence-corrected chi connectivity index (χ2v) is 7.11. The molecular weight excluding hydrogens is 425 g/mol. The summed E-state index contributed by atoms with van der Waals surface area (Å²) in [5.41, 5.74) is -0.139. The lowest BCUT2D eigenvalue weighted by molar-refractivity contribution is -0.142. The molecule has 0 N–H and O–H groups in total. The minimum absolute atomic E-state index is 0.0459. The van der Waals surface area contributed by atoms with Gasteiger partial charge in [-0.25, -0.2) is 14.5 Å². The van der Waals surface area contributed by atoms with Gasteiger partial charge >= 0.3 is 12.1 Å². The van der Waals surface area contributed by atoms with Crippen molar-refractivity contribution in [1.82, 2.24) is 19.7 Å². The van der Waals surface area contributed by atoms with Crippen molar-refractivity contribution < 1.29 is 27.4 Å². The zero-order valence-corrected chi connectivity index (χ0v) is 17.6. The summed E-state index contributed by atoms with van der Waals surface area (Å²) in [6.07, 6.45) is -0.117. The number of halogens is 3. The molecule has 1 unspecified atom stereocenters. The van der Waals surface area contributed by atoms with E-state index in [4.69, 9.17) is 9.47 Å². The number of alkyl halides is 3. The van der Waals surface area contributed by atoms with Crippen LogP contribution in [0.5, 0.6) is 5.75 Å². The van der Waals surface area contributed by atoms with E-state index in [0.717, 1.165) is 18.2 Å². The van der Waals surface area contributed by atoms with Crippen LogP contribution in [0.15, 0.2) is 55.0 Å². The van der Waals surface area contributed by atoms with Gasteiger partial charge in [0.05, 0.1) is 17.4 Å². The lowest BCUT2D eigenvalue weighted by Crippen LogP contribution is -2.09. The number of rotatable bonds is 7. The molecule has 0 saturated heterocycles. The van der Waals surface area contributed by atoms with Crippen LogP contribution in [0.1, 0.15) is 38.1 Å². The van der Waals surface area contributed by atoms with E-state index in [-0.39, 0.29) is 23.2 Å². The van der Waals surface area contributed by atoms with Crippen molar-refractivity contribution in [1.29, 1.82) is 0 Å². The third-order valence-electron chi connectivity index (χ3n) is 4.13. The SMILES string of the molecule is CC(C)Oc1cc(-c2ncn(/C=C\C(=O)OC(C)c3ccccn3)n2)cc(C(F)(F)F)c1. The van der Waals surface area contributed by atoms with E-state index < -0.39 is 23.8 Å². The summed E-state index contributed by atoms with van der Waals surface area (Å²) in [5.74, 6) is -0.528. The van der Waals surface area contributed by atoms with E-state index >= 15 is 0 Å². The van der Waals surface area contributed by atoms with Gasteiger partial charge in [0, 0.05) is 24.0 Å². The van der Waals surface area contributed by atoms with Gasteiger partial charge in [-0.3, -0.25) is 4.98 Å². The van der Waals surface area contributed by atoms with Crippen LogP contribution >= 0.6 is 0 Å². The Labute approximate surface area is 182 Å². The van der Waals surface area contributed by atoms with E-state index in [0.29, 0.717) is 5.69 Å². The topological polar surface area (TPSA) is 79.1 Å². The maximum absolute atomic E-state index is 13.3. The summed E-state index contributed by atoms with van der Waals surface area (Å²) in [4.78, 5) is 20.2. The summed E-state index contributed by atoms with van der Waals surface area (Å²) in [5, 5.41) is 4.11. The van der Waals surface area contributed by atoms with Gasteiger partial charge < -0.3 is 9.47 Å². The molecule has 0 bridgehead atoms. The molecule has 2 heterocycles. The average Bonchev–Trinajstić information content (AvgIpc) is 3.21. The molecule has 0 spiro atoms. The van der Waals surface area contributed by atoms with Crippen LogP contribution in [0.2, 0.25) is 0 Å². The van der Waals surface area contributed by atoms with Gasteiger partial charge in [0.2, 0.25) is 0 Å². The number of carbonyl (C=O) groups excluding carboxylic acids is 1. The molecule has 1 aromatic carbocycles. The summed E-state index contributed by atoms with van der Waals surface area (Å²) in [6, 6.07) is 8.57. The Morgan fingerprint density at radius 1 is 1.12 bits per heavy atom. The minimum Gasteiger partial charge on any atom is -0.491 e. The lowest BCUT2D eigenvalue weighted by Gasteiger charge is -2.14. The van der Waals surface area contributed by atoms with Crippen LogP contribution in [0, 0.1) is 0 Å². The van der Waals surface area contributed by atoms with Gasteiger partial charge in [-0.15, -0.1) is 5.10 Å². The Morgan fingerprint density at radius 2 is 1.91 bits per heavy atom. The van der Waals surface area contributed by atoms with Crippen molar-refractivity contribution in [2.24, 2.45) is 0 Å². The molecule has 32 heavy (non-hydrogen) atoms. The molecule has 10 heteroatoms. The second-order valence-electron chi connectivity index (χ2n) is 7.11. The fourth-order valence-electron chi connectivity index (χ4n) is 2.74. The Bertz CT molecular complexity index is 1100. The Hall–Kier alpha value is -3.69. The fourth-order valence-corrected chi connectivity index (χ4v) is 2.74. The largest absolute Gasteiger partial charge is 0.491 e. The third-order valence-corrected chi connectivity index (χ3v) is 4.13. The van der Waals surface area contributed by atoms with Gasteiger partial charge in [0.25, 0.3) is 0 Å². The zero-order chi connectivity index (χ0) is 23.3. The highest BCUT2D eigenvalue weighted by molar-refractivity contribution is 5.85. The summed E-state index contributed by atoms with van der Waals surface area (Å²) >= 11 is 0. The molecule has 0 radical (unpaired) electrons. The van der Waals surface area contributed by atoms with Gasteiger partial charge in [-0.1, -0.05) is 6.07 Å². The Balaban J connectivity index is 1.75. The highest BCUT2D eigenvalue weighted by atomic mass is 19.4. The van der Waals surface area contributed by atoms with E-state index in [9.17, 15) is 18.0 Å². The number of aromatic nitrogens is 4. The van der Waals surface area contributed by atoms with E-state index in [1.807, 2.05) is 0 Å². The molecule has 0 aliphatic rings. The first-order chi connectivity index (χ1) is 15.1. The first-order valence-corrected chi connectivity index (χ1v) is 9.72. The zero-order valence-electron chi connectivity index (χ0n) is 17.6. The fraction of sp³-hybridized carbons (Fsp3) is 0.273. The van der Waals surface area contributed by atoms with Crippen LogP contribution in [-0.4, -0.2) is 31.8 Å². The maximum atomic E-state index is 13.3. The lowest BCUT2D eigenvalue weighted by atomic mass is 10.1. The Kier molecular flexibility index (Phi) is 6.92. The maximum Gasteiger partial charge on any atom is 0.416 e. The molecular formula is C22H21F3N4O3. The normalized spacial score (nSPS) is 12.8. The number of pyridine rings is 1. The number of hydrogen-bond donors (Lipinski definition) is 0. The second kappa shape index (κ2) is 9.63. The number of esters is 1. The molecule has 2 aromatic heterocycles. The molecule has 0 saturated carbocycles. The molecule has 0 fully saturated rings. The quantitative estimate of drug-likeness (QED) is 0.379. The van der Waals surface area contributed by atoms with Crippen LogP contribution in [-0.2, 0) is 15.7 Å². The molecule has 168 valence electrons. The highest BCUT2D eigenvalue weighted by Gasteiger charge is 2.32. The molecule has 0 amide bonds. The molecule has 1 atom stereocenters. The van der Waals surface area contributed by atoms with E-state index in [1.54, 1.807) is 45.2 Å². The van der Waals surface area contributed by atoms with Gasteiger partial charge in [-0.05, 0) is 51.1 Å². The van der Waals surface area contributed by atoms with Crippen molar-refractivity contribution in [3.05, 3.63) is 66.3 Å².